The summed E-state index contributed by atoms with van der Waals surface area (Å²) in [7, 11) is 1.57. The monoisotopic (exact) mass is 317 g/mol. The zero-order valence-corrected chi connectivity index (χ0v) is 13.1. The standard InChI is InChI=1S/C16H16ClN3O2/c1-11-5-6-13(8-14(11)17)19-15(21)16(22)20(2)10-12-4-3-7-18-9-12/h3-9H,10H2,1-2H3,(H,19,21). The minimum atomic E-state index is -0.702. The number of amides is 2. The van der Waals surface area contributed by atoms with Crippen LogP contribution < -0.4 is 5.32 Å². The second kappa shape index (κ2) is 7.04. The first-order chi connectivity index (χ1) is 10.5. The number of nitrogens with one attached hydrogen (secondary N) is 1. The molecule has 114 valence electrons. The molecule has 1 aromatic carbocycles. The Morgan fingerprint density at radius 3 is 2.73 bits per heavy atom. The van der Waals surface area contributed by atoms with E-state index in [9.17, 15) is 9.59 Å². The Morgan fingerprint density at radius 2 is 2.09 bits per heavy atom. The van der Waals surface area contributed by atoms with Crippen molar-refractivity contribution < 1.29 is 9.59 Å². The molecule has 1 heterocycles. The molecule has 0 radical (unpaired) electrons. The van der Waals surface area contributed by atoms with E-state index < -0.39 is 11.8 Å². The number of hydrogen-bond acceptors (Lipinski definition) is 3. The number of rotatable bonds is 3. The average molecular weight is 318 g/mol. The highest BCUT2D eigenvalue weighted by molar-refractivity contribution is 6.39. The third kappa shape index (κ3) is 4.05. The smallest absolute Gasteiger partial charge is 0.313 e. The number of carbonyl (C=O) groups is 2. The molecule has 0 atom stereocenters. The summed E-state index contributed by atoms with van der Waals surface area (Å²) in [5.41, 5.74) is 2.24. The topological polar surface area (TPSA) is 62.3 Å². The van der Waals surface area contributed by atoms with Gasteiger partial charge in [-0.15, -0.1) is 0 Å². The summed E-state index contributed by atoms with van der Waals surface area (Å²) in [5.74, 6) is -1.33. The van der Waals surface area contributed by atoms with Crippen molar-refractivity contribution in [3.63, 3.8) is 0 Å². The molecule has 0 aliphatic carbocycles. The summed E-state index contributed by atoms with van der Waals surface area (Å²) in [6.07, 6.45) is 3.31. The number of aromatic nitrogens is 1. The van der Waals surface area contributed by atoms with Gasteiger partial charge in [0.2, 0.25) is 0 Å². The molecule has 2 aromatic rings. The molecule has 0 saturated heterocycles. The number of benzene rings is 1. The highest BCUT2D eigenvalue weighted by atomic mass is 35.5. The van der Waals surface area contributed by atoms with Gasteiger partial charge in [-0.1, -0.05) is 23.7 Å². The summed E-state index contributed by atoms with van der Waals surface area (Å²) < 4.78 is 0. The van der Waals surface area contributed by atoms with Crippen LogP contribution in [0, 0.1) is 6.92 Å². The van der Waals surface area contributed by atoms with E-state index in [4.69, 9.17) is 11.6 Å². The number of carbonyl (C=O) groups excluding carboxylic acids is 2. The van der Waals surface area contributed by atoms with Gasteiger partial charge < -0.3 is 10.2 Å². The van der Waals surface area contributed by atoms with Crippen molar-refractivity contribution in [2.75, 3.05) is 12.4 Å². The van der Waals surface area contributed by atoms with Crippen LogP contribution in [0.15, 0.2) is 42.7 Å². The molecule has 0 aliphatic rings. The molecular formula is C16H16ClN3O2. The molecule has 1 aromatic heterocycles. The summed E-state index contributed by atoms with van der Waals surface area (Å²) in [5, 5.41) is 3.08. The third-order valence-corrected chi connectivity index (χ3v) is 3.52. The molecular weight excluding hydrogens is 302 g/mol. The van der Waals surface area contributed by atoms with Crippen LogP contribution in [0.4, 0.5) is 5.69 Å². The lowest BCUT2D eigenvalue weighted by molar-refractivity contribution is -0.142. The fourth-order valence-corrected chi connectivity index (χ4v) is 2.05. The van der Waals surface area contributed by atoms with Gasteiger partial charge in [-0.05, 0) is 36.2 Å². The molecule has 0 fully saturated rings. The highest BCUT2D eigenvalue weighted by Gasteiger charge is 2.19. The number of halogens is 1. The van der Waals surface area contributed by atoms with Crippen molar-refractivity contribution in [3.05, 3.63) is 58.9 Å². The van der Waals surface area contributed by atoms with Gasteiger partial charge in [0, 0.05) is 36.7 Å². The van der Waals surface area contributed by atoms with Crippen LogP contribution in [0.3, 0.4) is 0 Å². The molecule has 5 nitrogen and oxygen atoms in total. The van der Waals surface area contributed by atoms with E-state index in [-0.39, 0.29) is 0 Å². The largest absolute Gasteiger partial charge is 0.333 e. The van der Waals surface area contributed by atoms with Crippen LogP contribution >= 0.6 is 11.6 Å². The highest BCUT2D eigenvalue weighted by Crippen LogP contribution is 2.19. The van der Waals surface area contributed by atoms with E-state index in [1.807, 2.05) is 13.0 Å². The van der Waals surface area contributed by atoms with E-state index >= 15 is 0 Å². The molecule has 2 rings (SSSR count). The maximum Gasteiger partial charge on any atom is 0.313 e. The lowest BCUT2D eigenvalue weighted by atomic mass is 10.2. The van der Waals surface area contributed by atoms with Crippen LogP contribution in [-0.4, -0.2) is 28.7 Å². The first-order valence-corrected chi connectivity index (χ1v) is 7.06. The predicted molar refractivity (Wildman–Crippen MR) is 85.5 cm³/mol. The van der Waals surface area contributed by atoms with Crippen molar-refractivity contribution in [3.8, 4) is 0 Å². The van der Waals surface area contributed by atoms with Crippen LogP contribution in [0.5, 0.6) is 0 Å². The number of pyridine rings is 1. The third-order valence-electron chi connectivity index (χ3n) is 3.11. The number of likely N-dealkylation sites (N-methyl/N-ethyl adjacent to an activating group) is 1. The van der Waals surface area contributed by atoms with Crippen molar-refractivity contribution in [2.45, 2.75) is 13.5 Å². The summed E-state index contributed by atoms with van der Waals surface area (Å²) in [6.45, 7) is 2.18. The van der Waals surface area contributed by atoms with Crippen LogP contribution in [0.2, 0.25) is 5.02 Å². The lowest BCUT2D eigenvalue weighted by Gasteiger charge is -2.16. The first kappa shape index (κ1) is 16.0. The Kier molecular flexibility index (Phi) is 5.12. The Labute approximate surface area is 133 Å². The second-order valence-corrected chi connectivity index (χ2v) is 5.35. The minimum Gasteiger partial charge on any atom is -0.333 e. The van der Waals surface area contributed by atoms with Gasteiger partial charge in [0.05, 0.1) is 0 Å². The quantitative estimate of drug-likeness (QED) is 0.885. The molecule has 1 N–H and O–H groups in total. The zero-order chi connectivity index (χ0) is 16.1. The first-order valence-electron chi connectivity index (χ1n) is 6.69. The van der Waals surface area contributed by atoms with E-state index in [1.54, 1.807) is 43.7 Å². The second-order valence-electron chi connectivity index (χ2n) is 4.94. The van der Waals surface area contributed by atoms with Gasteiger partial charge in [-0.25, -0.2) is 0 Å². The van der Waals surface area contributed by atoms with Crippen LogP contribution in [0.25, 0.3) is 0 Å². The molecule has 22 heavy (non-hydrogen) atoms. The van der Waals surface area contributed by atoms with E-state index in [0.717, 1.165) is 11.1 Å². The average Bonchev–Trinajstić information content (AvgIpc) is 2.51. The summed E-state index contributed by atoms with van der Waals surface area (Å²) in [4.78, 5) is 29.4. The number of nitrogens with zero attached hydrogens (tertiary/aromatic N) is 2. The SMILES string of the molecule is Cc1ccc(NC(=O)C(=O)N(C)Cc2cccnc2)cc1Cl. The maximum atomic E-state index is 12.1. The van der Waals surface area contributed by atoms with Gasteiger partial charge in [0.25, 0.3) is 0 Å². The molecule has 0 saturated carbocycles. The van der Waals surface area contributed by atoms with Gasteiger partial charge in [-0.2, -0.15) is 0 Å². The fourth-order valence-electron chi connectivity index (χ4n) is 1.87. The summed E-state index contributed by atoms with van der Waals surface area (Å²) >= 11 is 5.99. The lowest BCUT2D eigenvalue weighted by Crippen LogP contribution is -2.36. The van der Waals surface area contributed by atoms with Gasteiger partial charge in [-0.3, -0.25) is 14.6 Å². The fraction of sp³-hybridized carbons (Fsp3) is 0.188. The maximum absolute atomic E-state index is 12.1. The molecule has 0 unspecified atom stereocenters. The number of hydrogen-bond donors (Lipinski definition) is 1. The minimum absolute atomic E-state index is 0.314. The molecule has 0 spiro atoms. The number of aryl methyl sites for hydroxylation is 1. The van der Waals surface area contributed by atoms with Crippen molar-refractivity contribution in [2.24, 2.45) is 0 Å². The Balaban J connectivity index is 1.99. The van der Waals surface area contributed by atoms with Crippen molar-refractivity contribution in [1.29, 1.82) is 0 Å². The summed E-state index contributed by atoms with van der Waals surface area (Å²) in [6, 6.07) is 8.72. The van der Waals surface area contributed by atoms with Gasteiger partial charge in [0.15, 0.2) is 0 Å². The van der Waals surface area contributed by atoms with Crippen LogP contribution in [0.1, 0.15) is 11.1 Å². The Morgan fingerprint density at radius 1 is 1.32 bits per heavy atom. The van der Waals surface area contributed by atoms with Gasteiger partial charge in [0.1, 0.15) is 0 Å². The predicted octanol–water partition coefficient (Wildman–Crippen LogP) is 2.64. The molecule has 2 amide bonds. The van der Waals surface area contributed by atoms with Crippen LogP contribution in [-0.2, 0) is 16.1 Å². The normalized spacial score (nSPS) is 10.1. The van der Waals surface area contributed by atoms with Gasteiger partial charge >= 0.3 is 11.8 Å². The van der Waals surface area contributed by atoms with Crippen molar-refractivity contribution >= 4 is 29.1 Å². The molecule has 6 heteroatoms. The number of anilines is 1. The zero-order valence-electron chi connectivity index (χ0n) is 12.3. The van der Waals surface area contributed by atoms with Crippen molar-refractivity contribution in [1.82, 2.24) is 9.88 Å². The Hall–Kier alpha value is -2.40. The van der Waals surface area contributed by atoms with E-state index in [1.165, 1.54) is 4.90 Å². The molecule has 0 aliphatic heterocycles. The molecule has 0 bridgehead atoms. The van der Waals surface area contributed by atoms with E-state index in [2.05, 4.69) is 10.3 Å². The Bertz CT molecular complexity index is 689. The van der Waals surface area contributed by atoms with E-state index in [0.29, 0.717) is 17.3 Å².